The highest BCUT2D eigenvalue weighted by Crippen LogP contribution is 2.23. The molecule has 12 heteroatoms. The van der Waals surface area contributed by atoms with Crippen molar-refractivity contribution in [2.45, 2.75) is 96.5 Å². The van der Waals surface area contributed by atoms with Crippen LogP contribution < -0.4 is 10.6 Å². The molecule has 11 nitrogen and oxygen atoms in total. The van der Waals surface area contributed by atoms with Crippen LogP contribution in [0.25, 0.3) is 0 Å². The maximum atomic E-state index is 13.4. The van der Waals surface area contributed by atoms with E-state index in [1.807, 2.05) is 13.8 Å². The topological polar surface area (TPSA) is 138 Å². The molecule has 2 aliphatic rings. The summed E-state index contributed by atoms with van der Waals surface area (Å²) in [4.78, 5) is 54.6. The van der Waals surface area contributed by atoms with Gasteiger partial charge in [0.2, 0.25) is 11.8 Å². The lowest BCUT2D eigenvalue weighted by Gasteiger charge is -2.32. The van der Waals surface area contributed by atoms with Gasteiger partial charge in [0.25, 0.3) is 0 Å². The summed E-state index contributed by atoms with van der Waals surface area (Å²) in [6.45, 7) is 9.39. The third-order valence-corrected chi connectivity index (χ3v) is 7.17. The second kappa shape index (κ2) is 13.4. The smallest absolute Gasteiger partial charge is 0.410 e. The molecule has 2 saturated heterocycles. The Morgan fingerprint density at radius 3 is 2.19 bits per heavy atom. The summed E-state index contributed by atoms with van der Waals surface area (Å²) < 4.78 is 10.3. The lowest BCUT2D eigenvalue weighted by Crippen LogP contribution is -2.59. The number of hydrogen-bond donors (Lipinski definition) is 3. The molecule has 2 heterocycles. The molecule has 3 amide bonds. The second-order valence-electron chi connectivity index (χ2n) is 10.7. The molecule has 0 aromatic heterocycles. The minimum atomic E-state index is -1.12. The number of thiocarbonyl (C=S) groups is 1. The van der Waals surface area contributed by atoms with Crippen LogP contribution in [-0.4, -0.2) is 100 Å². The Labute approximate surface area is 224 Å². The van der Waals surface area contributed by atoms with Crippen LogP contribution in [-0.2, 0) is 23.9 Å². The Kier molecular flexibility index (Phi) is 11.1. The zero-order valence-electron chi connectivity index (χ0n) is 22.7. The van der Waals surface area contributed by atoms with Gasteiger partial charge >= 0.3 is 12.1 Å². The predicted molar refractivity (Wildman–Crippen MR) is 141 cm³/mol. The van der Waals surface area contributed by atoms with Gasteiger partial charge in [0, 0.05) is 13.1 Å². The van der Waals surface area contributed by atoms with Crippen molar-refractivity contribution in [2.24, 2.45) is 5.92 Å². The van der Waals surface area contributed by atoms with Crippen LogP contribution in [0.4, 0.5) is 4.79 Å². The number of hydrogen-bond acceptors (Lipinski definition) is 8. The van der Waals surface area contributed by atoms with Crippen molar-refractivity contribution in [1.29, 1.82) is 0 Å². The van der Waals surface area contributed by atoms with E-state index >= 15 is 0 Å². The Morgan fingerprint density at radius 1 is 1.05 bits per heavy atom. The molecule has 0 aliphatic carbocycles. The molecule has 0 radical (unpaired) electrons. The summed E-state index contributed by atoms with van der Waals surface area (Å²) in [5.74, 6) is -1.66. The molecule has 0 aromatic carbocycles. The normalized spacial score (nSPS) is 22.1. The molecule has 0 saturated carbocycles. The number of ether oxygens (including phenoxy) is 2. The summed E-state index contributed by atoms with van der Waals surface area (Å²) in [6, 6.07) is -3.16. The molecule has 0 spiro atoms. The fourth-order valence-corrected chi connectivity index (χ4v) is 4.95. The van der Waals surface area contributed by atoms with Gasteiger partial charge in [-0.05, 0) is 52.4 Å². The number of esters is 1. The van der Waals surface area contributed by atoms with Crippen LogP contribution in [0.5, 0.6) is 0 Å². The monoisotopic (exact) mass is 542 g/mol. The van der Waals surface area contributed by atoms with E-state index in [4.69, 9.17) is 21.7 Å². The highest BCUT2D eigenvalue weighted by molar-refractivity contribution is 7.80. The van der Waals surface area contributed by atoms with Crippen molar-refractivity contribution in [3.63, 3.8) is 0 Å². The fourth-order valence-electron chi connectivity index (χ4n) is 4.57. The van der Waals surface area contributed by atoms with Gasteiger partial charge in [0.15, 0.2) is 0 Å². The summed E-state index contributed by atoms with van der Waals surface area (Å²) in [6.07, 6.45) is 2.61. The number of rotatable bonds is 9. The highest BCUT2D eigenvalue weighted by Gasteiger charge is 2.41. The van der Waals surface area contributed by atoms with Crippen LogP contribution in [0.1, 0.15) is 66.7 Å². The van der Waals surface area contributed by atoms with E-state index in [1.54, 1.807) is 20.8 Å². The van der Waals surface area contributed by atoms with E-state index in [0.29, 0.717) is 38.8 Å². The summed E-state index contributed by atoms with van der Waals surface area (Å²) in [7, 11) is 1.28. The number of methoxy groups -OCH3 is 1. The predicted octanol–water partition coefficient (Wildman–Crippen LogP) is 1.36. The van der Waals surface area contributed by atoms with Crippen molar-refractivity contribution >= 4 is 41.1 Å². The van der Waals surface area contributed by atoms with E-state index in [0.717, 1.165) is 6.42 Å². The first kappa shape index (κ1) is 30.8. The summed E-state index contributed by atoms with van der Waals surface area (Å²) >= 11 is 5.52. The van der Waals surface area contributed by atoms with E-state index < -0.39 is 54.3 Å². The third kappa shape index (κ3) is 8.00. The maximum Gasteiger partial charge on any atom is 0.410 e. The van der Waals surface area contributed by atoms with Crippen molar-refractivity contribution in [3.8, 4) is 0 Å². The first-order chi connectivity index (χ1) is 17.3. The van der Waals surface area contributed by atoms with Crippen LogP contribution in [0, 0.1) is 5.92 Å². The number of aliphatic hydroxyl groups excluding tert-OH is 1. The molecule has 210 valence electrons. The standard InChI is InChI=1S/C25H42N4O7S/c1-7-15(2)19(22(32)28-12-9-11-18(28)23(33)35-6)27-20(31)16(14-30)26-21(37)17-10-8-13-29(17)24(34)36-25(3,4)5/h15-19,30H,7-14H2,1-6H3,(H,26,37)(H,27,31)/t15-,16-,17-,18-,19-/m0/s1. The first-order valence-electron chi connectivity index (χ1n) is 12.9. The zero-order chi connectivity index (χ0) is 27.9. The van der Waals surface area contributed by atoms with E-state index in [9.17, 15) is 24.3 Å². The van der Waals surface area contributed by atoms with Crippen molar-refractivity contribution < 1.29 is 33.8 Å². The average molecular weight is 543 g/mol. The molecule has 0 bridgehead atoms. The maximum absolute atomic E-state index is 13.4. The lowest BCUT2D eigenvalue weighted by molar-refractivity contribution is -0.152. The number of carbonyl (C=O) groups is 4. The number of nitrogens with one attached hydrogen (secondary N) is 2. The Morgan fingerprint density at radius 2 is 1.65 bits per heavy atom. The lowest BCUT2D eigenvalue weighted by atomic mass is 9.97. The number of likely N-dealkylation sites (tertiary alicyclic amines) is 2. The minimum absolute atomic E-state index is 0.223. The molecule has 0 unspecified atom stereocenters. The van der Waals surface area contributed by atoms with Gasteiger partial charge in [-0.2, -0.15) is 0 Å². The van der Waals surface area contributed by atoms with Crippen LogP contribution >= 0.6 is 12.2 Å². The van der Waals surface area contributed by atoms with Gasteiger partial charge in [-0.15, -0.1) is 0 Å². The van der Waals surface area contributed by atoms with Gasteiger partial charge in [-0.1, -0.05) is 32.5 Å². The van der Waals surface area contributed by atoms with Gasteiger partial charge in [0.1, 0.15) is 23.7 Å². The molecule has 2 rings (SSSR count). The Bertz CT molecular complexity index is 862. The van der Waals surface area contributed by atoms with Crippen molar-refractivity contribution in [3.05, 3.63) is 0 Å². The average Bonchev–Trinajstić information content (AvgIpc) is 3.53. The SMILES string of the molecule is CC[C@H](C)[C@H](NC(=O)[C@H](CO)NC(=S)[C@@H]1CCCN1C(=O)OC(C)(C)C)C(=O)N1CCC[C@H]1C(=O)OC. The third-order valence-electron chi connectivity index (χ3n) is 6.78. The van der Waals surface area contributed by atoms with Gasteiger partial charge in [-0.3, -0.25) is 14.5 Å². The molecular formula is C25H42N4O7S. The highest BCUT2D eigenvalue weighted by atomic mass is 32.1. The van der Waals surface area contributed by atoms with E-state index in [1.165, 1.54) is 16.9 Å². The molecular weight excluding hydrogens is 500 g/mol. The van der Waals surface area contributed by atoms with Crippen LogP contribution in [0.2, 0.25) is 0 Å². The molecule has 5 atom stereocenters. The van der Waals surface area contributed by atoms with E-state index in [-0.39, 0.29) is 16.8 Å². The van der Waals surface area contributed by atoms with Crippen LogP contribution in [0.15, 0.2) is 0 Å². The Hall–Kier alpha value is -2.47. The van der Waals surface area contributed by atoms with E-state index in [2.05, 4.69) is 10.6 Å². The molecule has 37 heavy (non-hydrogen) atoms. The minimum Gasteiger partial charge on any atom is -0.467 e. The quantitative estimate of drug-likeness (QED) is 0.291. The zero-order valence-corrected chi connectivity index (χ0v) is 23.6. The van der Waals surface area contributed by atoms with Gasteiger partial charge < -0.3 is 30.1 Å². The summed E-state index contributed by atoms with van der Waals surface area (Å²) in [5, 5.41) is 15.6. The fraction of sp³-hybridized carbons (Fsp3) is 0.800. The van der Waals surface area contributed by atoms with Crippen molar-refractivity contribution in [2.75, 3.05) is 26.8 Å². The Balaban J connectivity index is 2.11. The molecule has 2 fully saturated rings. The molecule has 0 aromatic rings. The largest absolute Gasteiger partial charge is 0.467 e. The molecule has 2 aliphatic heterocycles. The first-order valence-corrected chi connectivity index (χ1v) is 13.3. The number of nitrogens with zero attached hydrogens (tertiary/aromatic N) is 2. The molecule has 3 N–H and O–H groups in total. The summed E-state index contributed by atoms with van der Waals surface area (Å²) in [5.41, 5.74) is -0.660. The second-order valence-corrected chi connectivity index (χ2v) is 11.1. The number of carbonyl (C=O) groups excluding carboxylic acids is 4. The number of amides is 3. The van der Waals surface area contributed by atoms with Gasteiger partial charge in [0.05, 0.1) is 24.7 Å². The van der Waals surface area contributed by atoms with Crippen LogP contribution in [0.3, 0.4) is 0 Å². The number of aliphatic hydroxyl groups is 1. The van der Waals surface area contributed by atoms with Gasteiger partial charge in [-0.25, -0.2) is 9.59 Å². The van der Waals surface area contributed by atoms with Crippen molar-refractivity contribution in [1.82, 2.24) is 20.4 Å².